The molecule has 0 atom stereocenters. The number of anilines is 2. The second kappa shape index (κ2) is 11.6. The number of hydrogen-bond acceptors (Lipinski definition) is 3. The average Bonchev–Trinajstić information content (AvgIpc) is 2.73. The van der Waals surface area contributed by atoms with Crippen LogP contribution in [-0.4, -0.2) is 19.0 Å². The number of ether oxygens (including phenoxy) is 1. The first kappa shape index (κ1) is 23.0. The Kier molecular flexibility index (Phi) is 9.24. The lowest BCUT2D eigenvalue weighted by molar-refractivity contribution is -0.120. The van der Waals surface area contributed by atoms with Gasteiger partial charge in [0.1, 0.15) is 5.75 Å². The van der Waals surface area contributed by atoms with Crippen molar-refractivity contribution in [2.24, 2.45) is 16.6 Å². The van der Waals surface area contributed by atoms with Crippen LogP contribution in [0.15, 0.2) is 53.5 Å². The Labute approximate surface area is 189 Å². The van der Waals surface area contributed by atoms with Gasteiger partial charge in [-0.2, -0.15) is 0 Å². The number of methoxy groups -OCH3 is 1. The van der Waals surface area contributed by atoms with E-state index in [2.05, 4.69) is 15.6 Å². The van der Waals surface area contributed by atoms with E-state index in [0.29, 0.717) is 12.5 Å². The molecule has 1 aliphatic rings. The second-order valence-electron chi connectivity index (χ2n) is 7.08. The van der Waals surface area contributed by atoms with Crippen molar-refractivity contribution < 1.29 is 9.53 Å². The number of nitrogens with one attached hydrogen (secondary N) is 2. The Hall–Kier alpha value is -2.29. The Balaban J connectivity index is 0.00000300. The molecule has 0 saturated heterocycles. The zero-order valence-corrected chi connectivity index (χ0v) is 19.0. The number of nitrogens with two attached hydrogens (primary N) is 1. The van der Waals surface area contributed by atoms with Crippen molar-refractivity contribution in [1.29, 1.82) is 0 Å². The van der Waals surface area contributed by atoms with E-state index in [1.165, 1.54) is 6.42 Å². The van der Waals surface area contributed by atoms with Crippen LogP contribution < -0.4 is 21.1 Å². The van der Waals surface area contributed by atoms with Crippen molar-refractivity contribution in [3.63, 3.8) is 0 Å². The molecule has 4 N–H and O–H groups in total. The van der Waals surface area contributed by atoms with Gasteiger partial charge in [0.05, 0.1) is 13.7 Å². The first-order valence-electron chi connectivity index (χ1n) is 9.75. The van der Waals surface area contributed by atoms with E-state index in [-0.39, 0.29) is 35.8 Å². The molecule has 29 heavy (non-hydrogen) atoms. The molecule has 0 unspecified atom stereocenters. The molecule has 1 fully saturated rings. The fraction of sp³-hybridized carbons (Fsp3) is 0.364. The smallest absolute Gasteiger partial charge is 0.227 e. The number of aliphatic imine (C=N–C) groups is 1. The molecule has 2 aromatic rings. The van der Waals surface area contributed by atoms with Gasteiger partial charge in [0.15, 0.2) is 5.96 Å². The molecule has 0 radical (unpaired) electrons. The number of amides is 1. The molecule has 7 heteroatoms. The quantitative estimate of drug-likeness (QED) is 0.298. The number of guanidine groups is 1. The third-order valence-corrected chi connectivity index (χ3v) is 4.94. The topological polar surface area (TPSA) is 88.7 Å². The molecule has 1 amide bonds. The van der Waals surface area contributed by atoms with E-state index >= 15 is 0 Å². The van der Waals surface area contributed by atoms with Crippen molar-refractivity contribution in [3.8, 4) is 5.75 Å². The van der Waals surface area contributed by atoms with Crippen LogP contribution in [0, 0.1) is 5.92 Å². The van der Waals surface area contributed by atoms with Crippen molar-refractivity contribution in [2.45, 2.75) is 38.6 Å². The first-order valence-corrected chi connectivity index (χ1v) is 9.75. The highest BCUT2D eigenvalue weighted by atomic mass is 127. The van der Waals surface area contributed by atoms with E-state index in [0.717, 1.165) is 48.4 Å². The van der Waals surface area contributed by atoms with Crippen LogP contribution in [0.3, 0.4) is 0 Å². The van der Waals surface area contributed by atoms with Gasteiger partial charge in [-0.15, -0.1) is 24.0 Å². The van der Waals surface area contributed by atoms with Crippen molar-refractivity contribution in [1.82, 2.24) is 0 Å². The molecule has 3 rings (SSSR count). The predicted octanol–water partition coefficient (Wildman–Crippen LogP) is 4.76. The molecule has 1 aliphatic carbocycles. The summed E-state index contributed by atoms with van der Waals surface area (Å²) >= 11 is 0. The molecular weight excluding hydrogens is 479 g/mol. The van der Waals surface area contributed by atoms with Gasteiger partial charge in [0.2, 0.25) is 5.91 Å². The standard InChI is InChI=1S/C22H28N4O2.HI/c1-28-20-12-6-11-19(14-20)26-22(23)24-15-16-7-5-10-18(13-16)25-21(27)17-8-3-2-4-9-17;/h5-7,10-14,17H,2-4,8-9,15H2,1H3,(H,25,27)(H3,23,24,26);1H. The van der Waals surface area contributed by atoms with Crippen LogP contribution in [0.25, 0.3) is 0 Å². The van der Waals surface area contributed by atoms with Gasteiger partial charge in [-0.1, -0.05) is 37.5 Å². The van der Waals surface area contributed by atoms with Crippen LogP contribution in [0.4, 0.5) is 11.4 Å². The number of benzene rings is 2. The molecule has 156 valence electrons. The Morgan fingerprint density at radius 2 is 1.76 bits per heavy atom. The normalized spacial score (nSPS) is 14.6. The van der Waals surface area contributed by atoms with Gasteiger partial charge in [-0.05, 0) is 42.7 Å². The van der Waals surface area contributed by atoms with Crippen molar-refractivity contribution >= 4 is 47.2 Å². The lowest BCUT2D eigenvalue weighted by atomic mass is 9.88. The van der Waals surface area contributed by atoms with Crippen LogP contribution >= 0.6 is 24.0 Å². The zero-order chi connectivity index (χ0) is 19.8. The highest BCUT2D eigenvalue weighted by Crippen LogP contribution is 2.25. The van der Waals surface area contributed by atoms with Crippen molar-refractivity contribution in [3.05, 3.63) is 54.1 Å². The molecular formula is C22H29IN4O2. The molecule has 0 bridgehead atoms. The Morgan fingerprint density at radius 1 is 1.07 bits per heavy atom. The van der Waals surface area contributed by atoms with Gasteiger partial charge in [0, 0.05) is 23.4 Å². The van der Waals surface area contributed by atoms with E-state index in [1.54, 1.807) is 7.11 Å². The fourth-order valence-electron chi connectivity index (χ4n) is 3.42. The Morgan fingerprint density at radius 3 is 2.48 bits per heavy atom. The molecule has 2 aromatic carbocycles. The average molecular weight is 508 g/mol. The maximum absolute atomic E-state index is 12.4. The number of halogens is 1. The molecule has 0 aliphatic heterocycles. The number of nitrogens with zero attached hydrogens (tertiary/aromatic N) is 1. The monoisotopic (exact) mass is 508 g/mol. The highest BCUT2D eigenvalue weighted by molar-refractivity contribution is 14.0. The van der Waals surface area contributed by atoms with Gasteiger partial charge in [-0.3, -0.25) is 4.79 Å². The lowest BCUT2D eigenvalue weighted by Gasteiger charge is -2.20. The van der Waals surface area contributed by atoms with Gasteiger partial charge in [0.25, 0.3) is 0 Å². The van der Waals surface area contributed by atoms with Crippen LogP contribution in [0.2, 0.25) is 0 Å². The SMILES string of the molecule is COc1cccc(NC(N)=NCc2cccc(NC(=O)C3CCCCC3)c2)c1.I. The largest absolute Gasteiger partial charge is 0.497 e. The maximum Gasteiger partial charge on any atom is 0.227 e. The van der Waals surface area contributed by atoms with Gasteiger partial charge in [-0.25, -0.2) is 4.99 Å². The second-order valence-corrected chi connectivity index (χ2v) is 7.08. The minimum absolute atomic E-state index is 0. The fourth-order valence-corrected chi connectivity index (χ4v) is 3.42. The third-order valence-electron chi connectivity index (χ3n) is 4.94. The minimum atomic E-state index is 0. The van der Waals surface area contributed by atoms with Crippen molar-refractivity contribution in [2.75, 3.05) is 17.7 Å². The van der Waals surface area contributed by atoms with Crippen LogP contribution in [-0.2, 0) is 11.3 Å². The first-order chi connectivity index (χ1) is 13.6. The van der Waals surface area contributed by atoms with E-state index in [9.17, 15) is 4.79 Å². The number of rotatable bonds is 6. The number of hydrogen-bond donors (Lipinski definition) is 3. The van der Waals surface area contributed by atoms with Gasteiger partial charge < -0.3 is 21.1 Å². The van der Waals surface area contributed by atoms with E-state index in [4.69, 9.17) is 10.5 Å². The predicted molar refractivity (Wildman–Crippen MR) is 129 cm³/mol. The summed E-state index contributed by atoms with van der Waals surface area (Å²) < 4.78 is 5.20. The summed E-state index contributed by atoms with van der Waals surface area (Å²) in [5.74, 6) is 1.33. The number of carbonyl (C=O) groups is 1. The summed E-state index contributed by atoms with van der Waals surface area (Å²) in [5, 5.41) is 6.10. The third kappa shape index (κ3) is 7.23. The highest BCUT2D eigenvalue weighted by Gasteiger charge is 2.20. The van der Waals surface area contributed by atoms with E-state index in [1.807, 2.05) is 48.5 Å². The van der Waals surface area contributed by atoms with E-state index < -0.39 is 0 Å². The molecule has 1 saturated carbocycles. The molecule has 0 spiro atoms. The lowest BCUT2D eigenvalue weighted by Crippen LogP contribution is -2.24. The summed E-state index contributed by atoms with van der Waals surface area (Å²) in [7, 11) is 1.62. The minimum Gasteiger partial charge on any atom is -0.497 e. The van der Waals surface area contributed by atoms with Crippen LogP contribution in [0.5, 0.6) is 5.75 Å². The zero-order valence-electron chi connectivity index (χ0n) is 16.7. The maximum atomic E-state index is 12.4. The molecule has 6 nitrogen and oxygen atoms in total. The molecule has 0 aromatic heterocycles. The summed E-state index contributed by atoms with van der Waals surface area (Å²) in [4.78, 5) is 16.8. The van der Waals surface area contributed by atoms with Gasteiger partial charge >= 0.3 is 0 Å². The number of carbonyl (C=O) groups excluding carboxylic acids is 1. The summed E-state index contributed by atoms with van der Waals surface area (Å²) in [6.07, 6.45) is 5.51. The van der Waals surface area contributed by atoms with Crippen LogP contribution in [0.1, 0.15) is 37.7 Å². The Bertz CT molecular complexity index is 835. The summed E-state index contributed by atoms with van der Waals surface area (Å²) in [6, 6.07) is 15.2. The summed E-state index contributed by atoms with van der Waals surface area (Å²) in [5.41, 5.74) is 8.59. The summed E-state index contributed by atoms with van der Waals surface area (Å²) in [6.45, 7) is 0.427. The molecule has 0 heterocycles.